The summed E-state index contributed by atoms with van der Waals surface area (Å²) in [6, 6.07) is 14.9. The number of allylic oxidation sites excluding steroid dienone is 1. The van der Waals surface area contributed by atoms with Crippen molar-refractivity contribution in [2.75, 3.05) is 33.5 Å². The van der Waals surface area contributed by atoms with E-state index in [0.29, 0.717) is 26.2 Å². The normalized spacial score (nSPS) is 21.1. The van der Waals surface area contributed by atoms with Gasteiger partial charge in [-0.05, 0) is 60.1 Å². The zero-order chi connectivity index (χ0) is 23.2. The first-order valence-electron chi connectivity index (χ1n) is 11.8. The van der Waals surface area contributed by atoms with Crippen molar-refractivity contribution in [2.45, 2.75) is 38.4 Å². The van der Waals surface area contributed by atoms with Crippen molar-refractivity contribution >= 4 is 5.91 Å². The summed E-state index contributed by atoms with van der Waals surface area (Å²) in [5.74, 6) is -0.0572. The second-order valence-corrected chi connectivity index (χ2v) is 8.48. The molecule has 176 valence electrons. The zero-order valence-corrected chi connectivity index (χ0v) is 19.4. The van der Waals surface area contributed by atoms with E-state index in [0.717, 1.165) is 12.8 Å². The fourth-order valence-electron chi connectivity index (χ4n) is 4.97. The lowest BCUT2D eigenvalue weighted by Gasteiger charge is -2.37. The molecular formula is C27H33NO5. The minimum atomic E-state index is -0.556. The molecule has 4 rings (SSSR count). The largest absolute Gasteiger partial charge is 0.459 e. The number of rotatable bonds is 10. The predicted molar refractivity (Wildman–Crippen MR) is 127 cm³/mol. The first-order valence-corrected chi connectivity index (χ1v) is 11.8. The van der Waals surface area contributed by atoms with Crippen LogP contribution in [0.2, 0.25) is 0 Å². The maximum atomic E-state index is 12.9. The second kappa shape index (κ2) is 11.0. The quantitative estimate of drug-likeness (QED) is 0.459. The van der Waals surface area contributed by atoms with E-state index in [9.17, 15) is 9.90 Å². The molecule has 0 spiro atoms. The summed E-state index contributed by atoms with van der Waals surface area (Å²) < 4.78 is 17.1. The van der Waals surface area contributed by atoms with Gasteiger partial charge in [0.05, 0.1) is 6.61 Å². The Hall–Kier alpha value is -2.67. The Labute approximate surface area is 195 Å². The Balaban J connectivity index is 1.74. The SMILES string of the molecule is CCO[C@@H]1OC(C(=O)NCCOC)=C[C@H](c2cccc3c2Cc2ccccc2-3)[C@@H]1CCCO. The van der Waals surface area contributed by atoms with Gasteiger partial charge in [0.25, 0.3) is 5.91 Å². The highest BCUT2D eigenvalue weighted by molar-refractivity contribution is 5.91. The van der Waals surface area contributed by atoms with E-state index in [-0.39, 0.29) is 30.1 Å². The van der Waals surface area contributed by atoms with Crippen LogP contribution in [0.1, 0.15) is 42.4 Å². The van der Waals surface area contributed by atoms with Gasteiger partial charge in [0, 0.05) is 38.7 Å². The third kappa shape index (κ3) is 4.98. The molecule has 0 bridgehead atoms. The second-order valence-electron chi connectivity index (χ2n) is 8.48. The molecule has 1 aliphatic carbocycles. The standard InChI is InChI=1S/C27H33NO5/c1-3-32-27-22(12-7-14-29)24(17-25(33-27)26(30)28-13-15-31-2)21-11-6-10-20-19-9-5-4-8-18(19)16-23(20)21/h4-6,8-11,17,22,24,27,29H,3,7,12-16H2,1-2H3,(H,28,30)/t22-,24+,27+/m0/s1. The van der Waals surface area contributed by atoms with Gasteiger partial charge in [-0.3, -0.25) is 4.79 Å². The van der Waals surface area contributed by atoms with Gasteiger partial charge in [-0.25, -0.2) is 0 Å². The number of carbonyl (C=O) groups is 1. The summed E-state index contributed by atoms with van der Waals surface area (Å²) in [5, 5.41) is 12.4. The average Bonchev–Trinajstić information content (AvgIpc) is 3.22. The molecule has 1 amide bonds. The summed E-state index contributed by atoms with van der Waals surface area (Å²) >= 11 is 0. The number of benzene rings is 2. The molecule has 2 aromatic rings. The molecule has 33 heavy (non-hydrogen) atoms. The van der Waals surface area contributed by atoms with Crippen LogP contribution in [0, 0.1) is 5.92 Å². The highest BCUT2D eigenvalue weighted by atomic mass is 16.7. The molecular weight excluding hydrogens is 418 g/mol. The zero-order valence-electron chi connectivity index (χ0n) is 19.4. The Kier molecular flexibility index (Phi) is 7.81. The van der Waals surface area contributed by atoms with Crippen LogP contribution >= 0.6 is 0 Å². The van der Waals surface area contributed by atoms with Gasteiger partial charge in [0.15, 0.2) is 5.76 Å². The third-order valence-electron chi connectivity index (χ3n) is 6.47. The van der Waals surface area contributed by atoms with Crippen LogP contribution in [0.25, 0.3) is 11.1 Å². The molecule has 0 radical (unpaired) electrons. The lowest BCUT2D eigenvalue weighted by atomic mass is 9.78. The van der Waals surface area contributed by atoms with E-state index in [4.69, 9.17) is 14.2 Å². The van der Waals surface area contributed by atoms with E-state index >= 15 is 0 Å². The highest BCUT2D eigenvalue weighted by Crippen LogP contribution is 2.45. The fraction of sp³-hybridized carbons (Fsp3) is 0.444. The number of amides is 1. The molecule has 0 saturated heterocycles. The van der Waals surface area contributed by atoms with Crippen molar-refractivity contribution in [3.8, 4) is 11.1 Å². The number of aliphatic hydroxyl groups is 1. The predicted octanol–water partition coefficient (Wildman–Crippen LogP) is 3.77. The minimum absolute atomic E-state index is 0.0113. The van der Waals surface area contributed by atoms with Crippen molar-refractivity contribution in [1.82, 2.24) is 5.32 Å². The first kappa shape index (κ1) is 23.5. The number of fused-ring (bicyclic) bond motifs is 3. The Morgan fingerprint density at radius 2 is 2.00 bits per heavy atom. The number of methoxy groups -OCH3 is 1. The molecule has 3 atom stereocenters. The van der Waals surface area contributed by atoms with E-state index in [1.807, 2.05) is 13.0 Å². The molecule has 6 nitrogen and oxygen atoms in total. The summed E-state index contributed by atoms with van der Waals surface area (Å²) in [6.45, 7) is 3.35. The third-order valence-corrected chi connectivity index (χ3v) is 6.47. The Morgan fingerprint density at radius 1 is 1.18 bits per heavy atom. The molecule has 2 N–H and O–H groups in total. The molecule has 0 aromatic heterocycles. The van der Waals surface area contributed by atoms with Gasteiger partial charge < -0.3 is 24.6 Å². The number of nitrogens with one attached hydrogen (secondary N) is 1. The smallest absolute Gasteiger partial charge is 0.286 e. The van der Waals surface area contributed by atoms with Crippen LogP contribution in [-0.2, 0) is 25.4 Å². The van der Waals surface area contributed by atoms with Gasteiger partial charge in [-0.2, -0.15) is 0 Å². The summed E-state index contributed by atoms with van der Waals surface area (Å²) in [4.78, 5) is 12.9. The minimum Gasteiger partial charge on any atom is -0.459 e. The van der Waals surface area contributed by atoms with Crippen LogP contribution in [0.3, 0.4) is 0 Å². The molecule has 0 fully saturated rings. The van der Waals surface area contributed by atoms with Gasteiger partial charge in [-0.15, -0.1) is 0 Å². The molecule has 2 aromatic carbocycles. The molecule has 1 heterocycles. The number of carbonyl (C=O) groups excluding carboxylic acids is 1. The van der Waals surface area contributed by atoms with Crippen molar-refractivity contribution in [1.29, 1.82) is 0 Å². The maximum absolute atomic E-state index is 12.9. The topological polar surface area (TPSA) is 77.0 Å². The van der Waals surface area contributed by atoms with Crippen LogP contribution < -0.4 is 5.32 Å². The molecule has 2 aliphatic rings. The Morgan fingerprint density at radius 3 is 2.79 bits per heavy atom. The fourth-order valence-corrected chi connectivity index (χ4v) is 4.97. The summed E-state index contributed by atoms with van der Waals surface area (Å²) in [5.41, 5.74) is 6.34. The average molecular weight is 452 g/mol. The van der Waals surface area contributed by atoms with E-state index < -0.39 is 6.29 Å². The number of aliphatic hydroxyl groups excluding tert-OH is 1. The number of hydrogen-bond donors (Lipinski definition) is 2. The number of hydrogen-bond acceptors (Lipinski definition) is 5. The number of ether oxygens (including phenoxy) is 3. The maximum Gasteiger partial charge on any atom is 0.286 e. The molecule has 0 unspecified atom stereocenters. The van der Waals surface area contributed by atoms with Crippen LogP contribution in [-0.4, -0.2) is 50.8 Å². The lowest BCUT2D eigenvalue weighted by Crippen LogP contribution is -2.39. The van der Waals surface area contributed by atoms with Gasteiger partial charge in [0.1, 0.15) is 0 Å². The van der Waals surface area contributed by atoms with Crippen molar-refractivity contribution < 1.29 is 24.1 Å². The van der Waals surface area contributed by atoms with Crippen molar-refractivity contribution in [3.05, 3.63) is 71.0 Å². The van der Waals surface area contributed by atoms with Crippen LogP contribution in [0.5, 0.6) is 0 Å². The molecule has 6 heteroatoms. The summed E-state index contributed by atoms with van der Waals surface area (Å²) in [6.07, 6.45) is 3.63. The van der Waals surface area contributed by atoms with Gasteiger partial charge in [-0.1, -0.05) is 42.5 Å². The Bertz CT molecular complexity index is 1000. The van der Waals surface area contributed by atoms with Gasteiger partial charge in [0.2, 0.25) is 6.29 Å². The van der Waals surface area contributed by atoms with E-state index in [2.05, 4.69) is 47.8 Å². The van der Waals surface area contributed by atoms with Gasteiger partial charge >= 0.3 is 0 Å². The van der Waals surface area contributed by atoms with Crippen LogP contribution in [0.4, 0.5) is 0 Å². The van der Waals surface area contributed by atoms with E-state index in [1.165, 1.54) is 27.8 Å². The van der Waals surface area contributed by atoms with Crippen molar-refractivity contribution in [3.63, 3.8) is 0 Å². The van der Waals surface area contributed by atoms with Crippen molar-refractivity contribution in [2.24, 2.45) is 5.92 Å². The lowest BCUT2D eigenvalue weighted by molar-refractivity contribution is -0.166. The monoisotopic (exact) mass is 451 g/mol. The van der Waals surface area contributed by atoms with E-state index in [1.54, 1.807) is 7.11 Å². The summed E-state index contributed by atoms with van der Waals surface area (Å²) in [7, 11) is 1.60. The molecule has 0 saturated carbocycles. The highest BCUT2D eigenvalue weighted by Gasteiger charge is 2.39. The first-order chi connectivity index (χ1) is 16.2. The van der Waals surface area contributed by atoms with Crippen LogP contribution in [0.15, 0.2) is 54.3 Å². The molecule has 1 aliphatic heterocycles.